The normalized spacial score (nSPS) is 16.2. The maximum absolute atomic E-state index is 13.1. The van der Waals surface area contributed by atoms with Gasteiger partial charge in [-0.15, -0.1) is 11.3 Å². The number of hydrogen-bond acceptors (Lipinski definition) is 5. The molecule has 0 amide bonds. The lowest BCUT2D eigenvalue weighted by molar-refractivity contribution is 0.244. The van der Waals surface area contributed by atoms with E-state index < -0.39 is 0 Å². The number of aromatic nitrogens is 4. The van der Waals surface area contributed by atoms with Gasteiger partial charge in [-0.25, -0.2) is 4.98 Å². The van der Waals surface area contributed by atoms with Gasteiger partial charge in [-0.2, -0.15) is 0 Å². The number of thiophene rings is 1. The SMILES string of the molecule is O=c1[nH]cnc2c(-c3cccnc3)c(-c3sccc3Cl)n(CCN(CC3CC3)CC3CC3)c12. The summed E-state index contributed by atoms with van der Waals surface area (Å²) in [5, 5.41) is 2.69. The molecule has 0 aliphatic heterocycles. The summed E-state index contributed by atoms with van der Waals surface area (Å²) in [7, 11) is 0. The second-order valence-electron chi connectivity index (χ2n) is 9.29. The fourth-order valence-corrected chi connectivity index (χ4v) is 5.93. The molecule has 0 spiro atoms. The van der Waals surface area contributed by atoms with E-state index in [1.165, 1.54) is 32.0 Å². The smallest absolute Gasteiger partial charge is 0.275 e. The first-order valence-electron chi connectivity index (χ1n) is 11.6. The molecule has 2 saturated carbocycles. The first-order valence-corrected chi connectivity index (χ1v) is 12.9. The van der Waals surface area contributed by atoms with Gasteiger partial charge in [0.1, 0.15) is 11.0 Å². The first kappa shape index (κ1) is 21.1. The van der Waals surface area contributed by atoms with Crippen molar-refractivity contribution in [1.82, 2.24) is 24.4 Å². The zero-order valence-electron chi connectivity index (χ0n) is 18.3. The number of nitrogens with zero attached hydrogens (tertiary/aromatic N) is 4. The molecule has 0 saturated heterocycles. The van der Waals surface area contributed by atoms with Gasteiger partial charge in [0.15, 0.2) is 0 Å². The highest BCUT2D eigenvalue weighted by molar-refractivity contribution is 7.14. The van der Waals surface area contributed by atoms with E-state index >= 15 is 0 Å². The number of aromatic amines is 1. The van der Waals surface area contributed by atoms with Crippen molar-refractivity contribution in [2.24, 2.45) is 11.8 Å². The molecule has 8 heteroatoms. The second-order valence-corrected chi connectivity index (χ2v) is 10.6. The fourth-order valence-electron chi connectivity index (χ4n) is 4.72. The van der Waals surface area contributed by atoms with Crippen molar-refractivity contribution in [2.75, 3.05) is 19.6 Å². The molecule has 2 aliphatic rings. The number of hydrogen-bond donors (Lipinski definition) is 1. The largest absolute Gasteiger partial charge is 0.332 e. The minimum absolute atomic E-state index is 0.125. The molecule has 0 radical (unpaired) electrons. The van der Waals surface area contributed by atoms with Crippen LogP contribution in [0.25, 0.3) is 32.7 Å². The van der Waals surface area contributed by atoms with Crippen LogP contribution in [0.4, 0.5) is 0 Å². The molecule has 6 rings (SSSR count). The Kier molecular flexibility index (Phi) is 5.56. The first-order chi connectivity index (χ1) is 16.2. The van der Waals surface area contributed by atoms with E-state index in [4.69, 9.17) is 11.6 Å². The topological polar surface area (TPSA) is 66.8 Å². The second kappa shape index (κ2) is 8.70. The summed E-state index contributed by atoms with van der Waals surface area (Å²) >= 11 is 8.25. The molecule has 2 fully saturated rings. The van der Waals surface area contributed by atoms with E-state index in [9.17, 15) is 4.79 Å². The number of nitrogens with one attached hydrogen (secondary N) is 1. The molecule has 0 unspecified atom stereocenters. The number of rotatable bonds is 9. The van der Waals surface area contributed by atoms with Crippen molar-refractivity contribution in [2.45, 2.75) is 32.2 Å². The minimum atomic E-state index is -0.125. The van der Waals surface area contributed by atoms with E-state index in [0.29, 0.717) is 22.6 Å². The van der Waals surface area contributed by atoms with Crippen molar-refractivity contribution in [3.05, 3.63) is 57.7 Å². The Labute approximate surface area is 201 Å². The highest BCUT2D eigenvalue weighted by Gasteiger charge is 2.30. The van der Waals surface area contributed by atoms with Crippen LogP contribution in [-0.4, -0.2) is 44.1 Å². The average molecular weight is 480 g/mol. The third-order valence-corrected chi connectivity index (χ3v) is 8.04. The van der Waals surface area contributed by atoms with Gasteiger partial charge < -0.3 is 14.5 Å². The molecule has 33 heavy (non-hydrogen) atoms. The van der Waals surface area contributed by atoms with Crippen LogP contribution < -0.4 is 5.56 Å². The van der Waals surface area contributed by atoms with Gasteiger partial charge in [0.05, 0.1) is 21.9 Å². The van der Waals surface area contributed by atoms with Crippen molar-refractivity contribution >= 4 is 34.0 Å². The Hall–Kier alpha value is -2.48. The summed E-state index contributed by atoms with van der Waals surface area (Å²) in [6, 6.07) is 5.85. The predicted molar refractivity (Wildman–Crippen MR) is 134 cm³/mol. The number of pyridine rings is 1. The maximum Gasteiger partial charge on any atom is 0.275 e. The van der Waals surface area contributed by atoms with Crippen LogP contribution in [0.2, 0.25) is 5.02 Å². The number of halogens is 1. The molecule has 2 aliphatic carbocycles. The zero-order chi connectivity index (χ0) is 22.4. The number of H-pyrrole nitrogens is 1. The number of fused-ring (bicyclic) bond motifs is 1. The van der Waals surface area contributed by atoms with Gasteiger partial charge in [0, 0.05) is 49.7 Å². The molecule has 0 aromatic carbocycles. The maximum atomic E-state index is 13.1. The molecule has 4 heterocycles. The Bertz CT molecular complexity index is 1320. The molecule has 4 aromatic rings. The van der Waals surface area contributed by atoms with Crippen molar-refractivity contribution in [3.63, 3.8) is 0 Å². The fraction of sp³-hybridized carbons (Fsp3) is 0.400. The van der Waals surface area contributed by atoms with Gasteiger partial charge in [0.25, 0.3) is 5.56 Å². The Balaban J connectivity index is 1.49. The summed E-state index contributed by atoms with van der Waals surface area (Å²) in [5.74, 6) is 1.68. The molecule has 170 valence electrons. The highest BCUT2D eigenvalue weighted by Crippen LogP contribution is 2.44. The molecule has 1 N–H and O–H groups in total. The van der Waals surface area contributed by atoms with Crippen LogP contribution in [-0.2, 0) is 6.54 Å². The van der Waals surface area contributed by atoms with Crippen molar-refractivity contribution in [1.29, 1.82) is 0 Å². The van der Waals surface area contributed by atoms with Gasteiger partial charge in [-0.1, -0.05) is 17.7 Å². The van der Waals surface area contributed by atoms with E-state index in [0.717, 1.165) is 53.2 Å². The third-order valence-electron chi connectivity index (χ3n) is 6.69. The van der Waals surface area contributed by atoms with Crippen molar-refractivity contribution in [3.8, 4) is 21.7 Å². The average Bonchev–Trinajstić information content (AvgIpc) is 3.74. The monoisotopic (exact) mass is 479 g/mol. The van der Waals surface area contributed by atoms with Gasteiger partial charge in [0.2, 0.25) is 0 Å². The van der Waals surface area contributed by atoms with Gasteiger partial charge >= 0.3 is 0 Å². The molecule has 6 nitrogen and oxygen atoms in total. The van der Waals surface area contributed by atoms with Gasteiger partial charge in [-0.3, -0.25) is 9.78 Å². The van der Waals surface area contributed by atoms with E-state index in [1.807, 2.05) is 29.8 Å². The quantitative estimate of drug-likeness (QED) is 0.354. The Morgan fingerprint density at radius 3 is 2.61 bits per heavy atom. The summed E-state index contributed by atoms with van der Waals surface area (Å²) in [4.78, 5) is 28.4. The van der Waals surface area contributed by atoms with E-state index in [1.54, 1.807) is 17.5 Å². The summed E-state index contributed by atoms with van der Waals surface area (Å²) in [6.45, 7) is 3.95. The molecular weight excluding hydrogens is 454 g/mol. The molecular formula is C25H26ClN5OS. The summed E-state index contributed by atoms with van der Waals surface area (Å²) in [6.07, 6.45) is 10.5. The summed E-state index contributed by atoms with van der Waals surface area (Å²) in [5.41, 5.74) is 3.99. The molecule has 0 atom stereocenters. The highest BCUT2D eigenvalue weighted by atomic mass is 35.5. The minimum Gasteiger partial charge on any atom is -0.332 e. The lowest BCUT2D eigenvalue weighted by Crippen LogP contribution is -2.32. The predicted octanol–water partition coefficient (Wildman–Crippen LogP) is 5.29. The van der Waals surface area contributed by atoms with Crippen LogP contribution in [0, 0.1) is 11.8 Å². The standard InChI is InChI=1S/C25H26ClN5OS/c26-19-7-11-33-24(19)22-20(18-2-1-8-27-12-18)21-23(25(32)29-15-28-21)31(22)10-9-30(13-16-3-4-16)14-17-5-6-17/h1-2,7-8,11-12,15-17H,3-6,9-10,13-14H2,(H,28,29,32). The van der Waals surface area contributed by atoms with Crippen LogP contribution in [0.5, 0.6) is 0 Å². The van der Waals surface area contributed by atoms with E-state index in [-0.39, 0.29) is 5.56 Å². The Morgan fingerprint density at radius 2 is 1.97 bits per heavy atom. The van der Waals surface area contributed by atoms with Crippen LogP contribution in [0.1, 0.15) is 25.7 Å². The van der Waals surface area contributed by atoms with Crippen LogP contribution in [0.15, 0.2) is 47.1 Å². The Morgan fingerprint density at radius 1 is 1.18 bits per heavy atom. The lowest BCUT2D eigenvalue weighted by atomic mass is 10.1. The zero-order valence-corrected chi connectivity index (χ0v) is 19.9. The van der Waals surface area contributed by atoms with Gasteiger partial charge in [-0.05, 0) is 55.0 Å². The van der Waals surface area contributed by atoms with E-state index in [2.05, 4.69) is 24.4 Å². The summed E-state index contributed by atoms with van der Waals surface area (Å²) < 4.78 is 2.15. The van der Waals surface area contributed by atoms with Crippen LogP contribution >= 0.6 is 22.9 Å². The molecule has 4 aromatic heterocycles. The lowest BCUT2D eigenvalue weighted by Gasteiger charge is -2.23. The van der Waals surface area contributed by atoms with Crippen LogP contribution in [0.3, 0.4) is 0 Å². The third kappa shape index (κ3) is 4.25. The van der Waals surface area contributed by atoms with Crippen molar-refractivity contribution < 1.29 is 0 Å². The molecule has 0 bridgehead atoms.